The van der Waals surface area contributed by atoms with Gasteiger partial charge in [-0.2, -0.15) is 0 Å². The van der Waals surface area contributed by atoms with Crippen molar-refractivity contribution < 1.29 is 9.31 Å². The summed E-state index contributed by atoms with van der Waals surface area (Å²) < 4.78 is 13.5. The molecule has 5 nitrogen and oxygen atoms in total. The highest BCUT2D eigenvalue weighted by Crippen LogP contribution is 2.24. The zero-order valence-corrected chi connectivity index (χ0v) is 10.9. The van der Waals surface area contributed by atoms with Crippen LogP contribution in [-0.4, -0.2) is 12.0 Å². The van der Waals surface area contributed by atoms with Gasteiger partial charge >= 0.3 is 0 Å². The van der Waals surface area contributed by atoms with E-state index in [0.29, 0.717) is 16.9 Å². The lowest BCUT2D eigenvalue weighted by Crippen LogP contribution is -2.03. The van der Waals surface area contributed by atoms with Crippen LogP contribution in [0.1, 0.15) is 5.56 Å². The van der Waals surface area contributed by atoms with Crippen molar-refractivity contribution in [1.29, 1.82) is 0 Å². The van der Waals surface area contributed by atoms with E-state index < -0.39 is 4.92 Å². The third-order valence-corrected chi connectivity index (χ3v) is 2.86. The number of benzene rings is 2. The molecule has 0 aliphatic carbocycles. The third kappa shape index (κ3) is 3.23. The molecule has 20 heavy (non-hydrogen) atoms. The second-order valence-electron chi connectivity index (χ2n) is 4.22. The van der Waals surface area contributed by atoms with E-state index in [4.69, 9.17) is 0 Å². The lowest BCUT2D eigenvalue weighted by atomic mass is 10.2. The highest BCUT2D eigenvalue weighted by Gasteiger charge is 2.09. The van der Waals surface area contributed by atoms with Crippen molar-refractivity contribution in [2.24, 2.45) is 0 Å². The summed E-state index contributed by atoms with van der Waals surface area (Å²) >= 11 is 0. The first kappa shape index (κ1) is 13.8. The molecule has 0 unspecified atom stereocenters. The molecule has 0 fully saturated rings. The van der Waals surface area contributed by atoms with Gasteiger partial charge < -0.3 is 10.6 Å². The van der Waals surface area contributed by atoms with E-state index in [0.717, 1.165) is 0 Å². The SMILES string of the molecule is CNc1cc(NCc2ccccc2F)cc([N+](=O)[O-])c1. The molecule has 0 amide bonds. The first-order valence-corrected chi connectivity index (χ1v) is 6.04. The average molecular weight is 275 g/mol. The topological polar surface area (TPSA) is 67.2 Å². The van der Waals surface area contributed by atoms with Crippen molar-refractivity contribution in [3.05, 3.63) is 64.0 Å². The van der Waals surface area contributed by atoms with Gasteiger partial charge in [0.25, 0.3) is 5.69 Å². The number of nitrogens with zero attached hydrogens (tertiary/aromatic N) is 1. The molecule has 0 atom stereocenters. The molecule has 0 saturated carbocycles. The molecule has 0 radical (unpaired) electrons. The first-order chi connectivity index (χ1) is 9.60. The molecule has 2 aromatic rings. The van der Waals surface area contributed by atoms with Crippen molar-refractivity contribution in [3.8, 4) is 0 Å². The predicted octanol–water partition coefficient (Wildman–Crippen LogP) is 3.39. The fourth-order valence-corrected chi connectivity index (χ4v) is 1.80. The Morgan fingerprint density at radius 3 is 2.55 bits per heavy atom. The monoisotopic (exact) mass is 275 g/mol. The van der Waals surface area contributed by atoms with Crippen LogP contribution in [0.4, 0.5) is 21.5 Å². The Kier molecular flexibility index (Phi) is 4.14. The number of nitrogens with one attached hydrogen (secondary N) is 2. The van der Waals surface area contributed by atoms with Crippen molar-refractivity contribution in [3.63, 3.8) is 0 Å². The number of non-ortho nitro benzene ring substituents is 1. The van der Waals surface area contributed by atoms with Crippen molar-refractivity contribution in [2.75, 3.05) is 17.7 Å². The van der Waals surface area contributed by atoms with Crippen LogP contribution in [0.25, 0.3) is 0 Å². The van der Waals surface area contributed by atoms with Crippen LogP contribution in [0.5, 0.6) is 0 Å². The molecule has 0 spiro atoms. The van der Waals surface area contributed by atoms with Crippen LogP contribution in [0.15, 0.2) is 42.5 Å². The number of hydrogen-bond acceptors (Lipinski definition) is 4. The lowest BCUT2D eigenvalue weighted by molar-refractivity contribution is -0.384. The van der Waals surface area contributed by atoms with E-state index in [2.05, 4.69) is 10.6 Å². The predicted molar refractivity (Wildman–Crippen MR) is 76.4 cm³/mol. The van der Waals surface area contributed by atoms with Gasteiger partial charge in [-0.15, -0.1) is 0 Å². The second-order valence-corrected chi connectivity index (χ2v) is 4.22. The molecule has 2 rings (SSSR count). The van der Waals surface area contributed by atoms with Gasteiger partial charge in [0.2, 0.25) is 0 Å². The summed E-state index contributed by atoms with van der Waals surface area (Å²) in [4.78, 5) is 10.4. The Labute approximate surface area is 115 Å². The zero-order valence-electron chi connectivity index (χ0n) is 10.9. The molecule has 0 bridgehead atoms. The highest BCUT2D eigenvalue weighted by molar-refractivity contribution is 5.63. The van der Waals surface area contributed by atoms with Crippen LogP contribution in [-0.2, 0) is 6.54 Å². The van der Waals surface area contributed by atoms with Crippen LogP contribution >= 0.6 is 0 Å². The summed E-state index contributed by atoms with van der Waals surface area (Å²) in [6.07, 6.45) is 0. The molecule has 0 aromatic heterocycles. The van der Waals surface area contributed by atoms with Gasteiger partial charge in [0.05, 0.1) is 4.92 Å². The quantitative estimate of drug-likeness (QED) is 0.648. The first-order valence-electron chi connectivity index (χ1n) is 6.04. The Balaban J connectivity index is 2.19. The Morgan fingerprint density at radius 2 is 1.90 bits per heavy atom. The van der Waals surface area contributed by atoms with Crippen molar-refractivity contribution >= 4 is 17.1 Å². The molecule has 0 aliphatic rings. The van der Waals surface area contributed by atoms with Gasteiger partial charge in [0.1, 0.15) is 5.82 Å². The van der Waals surface area contributed by atoms with E-state index in [1.54, 1.807) is 31.3 Å². The molecule has 0 saturated heterocycles. The standard InChI is InChI=1S/C14H14FN3O2/c1-16-11-6-12(8-13(7-11)18(19)20)17-9-10-4-2-3-5-14(10)15/h2-8,16-17H,9H2,1H3. The zero-order chi connectivity index (χ0) is 14.5. The largest absolute Gasteiger partial charge is 0.388 e. The maximum absolute atomic E-state index is 13.5. The Bertz CT molecular complexity index is 632. The van der Waals surface area contributed by atoms with Crippen LogP contribution < -0.4 is 10.6 Å². The maximum Gasteiger partial charge on any atom is 0.273 e. The average Bonchev–Trinajstić information content (AvgIpc) is 2.46. The van der Waals surface area contributed by atoms with Gasteiger partial charge in [-0.05, 0) is 12.1 Å². The van der Waals surface area contributed by atoms with Crippen molar-refractivity contribution in [2.45, 2.75) is 6.54 Å². The maximum atomic E-state index is 13.5. The van der Waals surface area contributed by atoms with Crippen LogP contribution in [0.3, 0.4) is 0 Å². The highest BCUT2D eigenvalue weighted by atomic mass is 19.1. The van der Waals surface area contributed by atoms with Gasteiger partial charge in [0, 0.05) is 42.7 Å². The van der Waals surface area contributed by atoms with E-state index >= 15 is 0 Å². The molecule has 0 heterocycles. The van der Waals surface area contributed by atoms with Gasteiger partial charge in [-0.1, -0.05) is 18.2 Å². The van der Waals surface area contributed by atoms with E-state index in [1.807, 2.05) is 0 Å². The van der Waals surface area contributed by atoms with Crippen LogP contribution in [0, 0.1) is 15.9 Å². The summed E-state index contributed by atoms with van der Waals surface area (Å²) in [5.41, 5.74) is 1.67. The molecular weight excluding hydrogens is 261 g/mol. The fourth-order valence-electron chi connectivity index (χ4n) is 1.80. The summed E-state index contributed by atoms with van der Waals surface area (Å²) in [5, 5.41) is 16.7. The number of nitro benzene ring substituents is 1. The second kappa shape index (κ2) is 6.01. The number of rotatable bonds is 5. The third-order valence-electron chi connectivity index (χ3n) is 2.86. The molecule has 2 N–H and O–H groups in total. The van der Waals surface area contributed by atoms with E-state index in [-0.39, 0.29) is 18.0 Å². The number of nitro groups is 1. The summed E-state index contributed by atoms with van der Waals surface area (Å²) in [7, 11) is 1.68. The number of anilines is 2. The number of halogens is 1. The van der Waals surface area contributed by atoms with E-state index in [9.17, 15) is 14.5 Å². The smallest absolute Gasteiger partial charge is 0.273 e. The van der Waals surface area contributed by atoms with Crippen molar-refractivity contribution in [1.82, 2.24) is 0 Å². The molecule has 0 aliphatic heterocycles. The lowest BCUT2D eigenvalue weighted by Gasteiger charge is -2.09. The number of hydrogen-bond donors (Lipinski definition) is 2. The minimum Gasteiger partial charge on any atom is -0.388 e. The minimum absolute atomic E-state index is 0.0205. The van der Waals surface area contributed by atoms with Gasteiger partial charge in [0.15, 0.2) is 0 Å². The molecule has 104 valence electrons. The molecule has 6 heteroatoms. The van der Waals surface area contributed by atoms with Crippen LogP contribution in [0.2, 0.25) is 0 Å². The Morgan fingerprint density at radius 1 is 1.20 bits per heavy atom. The summed E-state index contributed by atoms with van der Waals surface area (Å²) in [5.74, 6) is -0.306. The fraction of sp³-hybridized carbons (Fsp3) is 0.143. The van der Waals surface area contributed by atoms with Gasteiger partial charge in [-0.3, -0.25) is 10.1 Å². The van der Waals surface area contributed by atoms with E-state index in [1.165, 1.54) is 18.2 Å². The molecular formula is C14H14FN3O2. The summed E-state index contributed by atoms with van der Waals surface area (Å²) in [6.45, 7) is 0.261. The molecule has 2 aromatic carbocycles. The summed E-state index contributed by atoms with van der Waals surface area (Å²) in [6, 6.07) is 11.0. The minimum atomic E-state index is -0.463. The Hall–Kier alpha value is -2.63. The van der Waals surface area contributed by atoms with Gasteiger partial charge in [-0.25, -0.2) is 4.39 Å². The normalized spacial score (nSPS) is 10.1.